The molecule has 2 rings (SSSR count). The number of ketones is 1. The van der Waals surface area contributed by atoms with Gasteiger partial charge in [-0.2, -0.15) is 0 Å². The van der Waals surface area contributed by atoms with E-state index in [0.29, 0.717) is 12.4 Å². The molecule has 1 saturated heterocycles. The topological polar surface area (TPSA) is 26.3 Å². The van der Waals surface area contributed by atoms with Crippen molar-refractivity contribution >= 4 is 5.78 Å². The fourth-order valence-corrected chi connectivity index (χ4v) is 3.27. The third kappa shape index (κ3) is 2.48. The van der Waals surface area contributed by atoms with Crippen LogP contribution in [0.1, 0.15) is 52.4 Å². The van der Waals surface area contributed by atoms with E-state index in [9.17, 15) is 4.79 Å². The molecule has 92 valence electrons. The van der Waals surface area contributed by atoms with Gasteiger partial charge in [0.05, 0.1) is 6.61 Å². The maximum atomic E-state index is 12.5. The monoisotopic (exact) mass is 224 g/mol. The number of hydrogen-bond donors (Lipinski definition) is 0. The first-order valence-electron chi connectivity index (χ1n) is 6.73. The van der Waals surface area contributed by atoms with Gasteiger partial charge in [0, 0.05) is 18.4 Å². The molecule has 2 aliphatic rings. The summed E-state index contributed by atoms with van der Waals surface area (Å²) >= 11 is 0. The highest BCUT2D eigenvalue weighted by atomic mass is 16.5. The van der Waals surface area contributed by atoms with E-state index in [1.807, 2.05) is 0 Å². The molecule has 1 aliphatic heterocycles. The van der Waals surface area contributed by atoms with Crippen molar-refractivity contribution < 1.29 is 9.53 Å². The van der Waals surface area contributed by atoms with Crippen molar-refractivity contribution in [1.29, 1.82) is 0 Å². The summed E-state index contributed by atoms with van der Waals surface area (Å²) in [6, 6.07) is 0. The molecule has 2 unspecified atom stereocenters. The summed E-state index contributed by atoms with van der Waals surface area (Å²) in [7, 11) is 0. The van der Waals surface area contributed by atoms with E-state index in [-0.39, 0.29) is 17.3 Å². The van der Waals surface area contributed by atoms with E-state index in [2.05, 4.69) is 13.8 Å². The maximum Gasteiger partial charge on any atom is 0.141 e. The van der Waals surface area contributed by atoms with E-state index >= 15 is 0 Å². The van der Waals surface area contributed by atoms with Gasteiger partial charge in [0.25, 0.3) is 0 Å². The van der Waals surface area contributed by atoms with Gasteiger partial charge < -0.3 is 4.74 Å². The van der Waals surface area contributed by atoms with Gasteiger partial charge in [-0.15, -0.1) is 0 Å². The fraction of sp³-hybridized carbons (Fsp3) is 0.929. The van der Waals surface area contributed by atoms with E-state index < -0.39 is 0 Å². The Hall–Kier alpha value is -0.370. The standard InChI is InChI=1S/C14H24O2/c1-14(2)8-4-3-7-12(14)13(15)11-6-5-9-16-10-11/h11-12H,3-10H2,1-2H3. The van der Waals surface area contributed by atoms with Gasteiger partial charge in [-0.05, 0) is 31.1 Å². The first-order valence-corrected chi connectivity index (χ1v) is 6.73. The van der Waals surface area contributed by atoms with Crippen molar-refractivity contribution in [3.8, 4) is 0 Å². The van der Waals surface area contributed by atoms with Gasteiger partial charge in [-0.25, -0.2) is 0 Å². The summed E-state index contributed by atoms with van der Waals surface area (Å²) in [6.45, 7) is 6.04. The number of carbonyl (C=O) groups is 1. The summed E-state index contributed by atoms with van der Waals surface area (Å²) in [5.74, 6) is 0.966. The average Bonchev–Trinajstić information content (AvgIpc) is 2.29. The molecule has 2 nitrogen and oxygen atoms in total. The Balaban J connectivity index is 2.01. The van der Waals surface area contributed by atoms with Gasteiger partial charge in [0.1, 0.15) is 5.78 Å². The number of carbonyl (C=O) groups excluding carboxylic acids is 1. The lowest BCUT2D eigenvalue weighted by Crippen LogP contribution is -2.39. The normalized spacial score (nSPS) is 34.6. The highest BCUT2D eigenvalue weighted by Gasteiger charge is 2.39. The third-order valence-electron chi connectivity index (χ3n) is 4.41. The molecule has 2 atom stereocenters. The van der Waals surface area contributed by atoms with Crippen molar-refractivity contribution in [3.63, 3.8) is 0 Å². The van der Waals surface area contributed by atoms with E-state index in [1.54, 1.807) is 0 Å². The summed E-state index contributed by atoms with van der Waals surface area (Å²) in [5, 5.41) is 0. The fourth-order valence-electron chi connectivity index (χ4n) is 3.27. The number of Topliss-reactive ketones (excluding diaryl/α,β-unsaturated/α-hetero) is 1. The minimum atomic E-state index is 0.191. The number of ether oxygens (including phenoxy) is 1. The smallest absolute Gasteiger partial charge is 0.141 e. The molecule has 0 N–H and O–H groups in total. The highest BCUT2D eigenvalue weighted by molar-refractivity contribution is 5.84. The molecule has 1 heterocycles. The predicted octanol–water partition coefficient (Wildman–Crippen LogP) is 3.20. The second-order valence-electron chi connectivity index (χ2n) is 6.10. The average molecular weight is 224 g/mol. The Bertz CT molecular complexity index is 251. The van der Waals surface area contributed by atoms with Crippen LogP contribution in [0, 0.1) is 17.3 Å². The lowest BCUT2D eigenvalue weighted by Gasteiger charge is -2.39. The highest BCUT2D eigenvalue weighted by Crippen LogP contribution is 2.42. The Kier molecular flexibility index (Phi) is 3.68. The van der Waals surface area contributed by atoms with Crippen LogP contribution in [0.2, 0.25) is 0 Å². The number of rotatable bonds is 2. The summed E-state index contributed by atoms with van der Waals surface area (Å²) < 4.78 is 5.44. The van der Waals surface area contributed by atoms with Gasteiger partial charge in [-0.1, -0.05) is 26.7 Å². The van der Waals surface area contributed by atoms with Crippen LogP contribution >= 0.6 is 0 Å². The lowest BCUT2D eigenvalue weighted by molar-refractivity contribution is -0.136. The van der Waals surface area contributed by atoms with Crippen LogP contribution in [0.4, 0.5) is 0 Å². The quantitative estimate of drug-likeness (QED) is 0.720. The molecule has 16 heavy (non-hydrogen) atoms. The summed E-state index contributed by atoms with van der Waals surface area (Å²) in [6.07, 6.45) is 6.93. The molecule has 1 aliphatic carbocycles. The van der Waals surface area contributed by atoms with Crippen molar-refractivity contribution in [2.24, 2.45) is 17.3 Å². The van der Waals surface area contributed by atoms with E-state index in [1.165, 1.54) is 19.3 Å². The minimum absolute atomic E-state index is 0.191. The van der Waals surface area contributed by atoms with Gasteiger partial charge >= 0.3 is 0 Å². The van der Waals surface area contributed by atoms with E-state index in [0.717, 1.165) is 25.9 Å². The molecule has 0 aromatic heterocycles. The van der Waals surface area contributed by atoms with Crippen LogP contribution in [-0.2, 0) is 9.53 Å². The third-order valence-corrected chi connectivity index (χ3v) is 4.41. The van der Waals surface area contributed by atoms with Crippen LogP contribution in [0.25, 0.3) is 0 Å². The second kappa shape index (κ2) is 4.87. The Morgan fingerprint density at radius 3 is 2.62 bits per heavy atom. The molecule has 0 aromatic rings. The number of hydrogen-bond acceptors (Lipinski definition) is 2. The van der Waals surface area contributed by atoms with Gasteiger partial charge in [-0.3, -0.25) is 4.79 Å². The van der Waals surface area contributed by atoms with Crippen molar-refractivity contribution in [3.05, 3.63) is 0 Å². The zero-order chi connectivity index (χ0) is 11.6. The molecule has 0 amide bonds. The molecule has 2 fully saturated rings. The molecular formula is C14H24O2. The molecule has 0 spiro atoms. The summed E-state index contributed by atoms with van der Waals surface area (Å²) in [4.78, 5) is 12.5. The molecule has 0 aromatic carbocycles. The Labute approximate surface area is 98.7 Å². The Morgan fingerprint density at radius 1 is 1.19 bits per heavy atom. The SMILES string of the molecule is CC1(C)CCCCC1C(=O)C1CCCOC1. The van der Waals surface area contributed by atoms with Crippen LogP contribution < -0.4 is 0 Å². The molecule has 2 heteroatoms. The van der Waals surface area contributed by atoms with E-state index in [4.69, 9.17) is 4.74 Å². The molecule has 0 bridgehead atoms. The zero-order valence-electron chi connectivity index (χ0n) is 10.6. The van der Waals surface area contributed by atoms with Gasteiger partial charge in [0.15, 0.2) is 0 Å². The maximum absolute atomic E-state index is 12.5. The van der Waals surface area contributed by atoms with Crippen molar-refractivity contribution in [1.82, 2.24) is 0 Å². The lowest BCUT2D eigenvalue weighted by atomic mass is 9.65. The Morgan fingerprint density at radius 2 is 2.00 bits per heavy atom. The minimum Gasteiger partial charge on any atom is -0.381 e. The molecular weight excluding hydrogens is 200 g/mol. The largest absolute Gasteiger partial charge is 0.381 e. The van der Waals surface area contributed by atoms with Crippen LogP contribution in [0.3, 0.4) is 0 Å². The summed E-state index contributed by atoms with van der Waals surface area (Å²) in [5.41, 5.74) is 0.215. The molecule has 1 saturated carbocycles. The first kappa shape index (κ1) is 12.1. The van der Waals surface area contributed by atoms with Crippen molar-refractivity contribution in [2.45, 2.75) is 52.4 Å². The van der Waals surface area contributed by atoms with Crippen LogP contribution in [0.15, 0.2) is 0 Å². The predicted molar refractivity (Wildman–Crippen MR) is 64.3 cm³/mol. The second-order valence-corrected chi connectivity index (χ2v) is 6.10. The first-order chi connectivity index (χ1) is 7.61. The zero-order valence-corrected chi connectivity index (χ0v) is 10.6. The molecule has 0 radical (unpaired) electrons. The van der Waals surface area contributed by atoms with Crippen LogP contribution in [-0.4, -0.2) is 19.0 Å². The van der Waals surface area contributed by atoms with Crippen molar-refractivity contribution in [2.75, 3.05) is 13.2 Å². The van der Waals surface area contributed by atoms with Crippen LogP contribution in [0.5, 0.6) is 0 Å². The van der Waals surface area contributed by atoms with Gasteiger partial charge in [0.2, 0.25) is 0 Å².